The van der Waals surface area contributed by atoms with Gasteiger partial charge in [-0.05, 0) is 29.7 Å². The first-order valence-corrected chi connectivity index (χ1v) is 5.10. The Morgan fingerprint density at radius 2 is 2.00 bits per heavy atom. The number of benzene rings is 1. The molecule has 0 saturated heterocycles. The Balaban J connectivity index is 2.60. The molecule has 0 amide bonds. The van der Waals surface area contributed by atoms with Crippen molar-refractivity contribution >= 4 is 0 Å². The number of hydrogen-bond acceptors (Lipinski definition) is 1. The number of nitrogens with zero attached hydrogens (tertiary/aromatic N) is 1. The summed E-state index contributed by atoms with van der Waals surface area (Å²) in [6, 6.07) is 6.10. The van der Waals surface area contributed by atoms with Crippen LogP contribution in [-0.2, 0) is 6.42 Å². The van der Waals surface area contributed by atoms with E-state index in [2.05, 4.69) is 4.98 Å². The Morgan fingerprint density at radius 1 is 1.19 bits per heavy atom. The van der Waals surface area contributed by atoms with Crippen LogP contribution in [-0.4, -0.2) is 4.98 Å². The SMILES string of the molecule is CCc1c(F)cncc1-c1cccc(F)c1. The molecule has 3 heteroatoms. The maximum Gasteiger partial charge on any atom is 0.145 e. The molecule has 1 aromatic carbocycles. The molecule has 0 N–H and O–H groups in total. The highest BCUT2D eigenvalue weighted by Crippen LogP contribution is 2.25. The maximum atomic E-state index is 13.5. The summed E-state index contributed by atoms with van der Waals surface area (Å²) in [5, 5.41) is 0. The zero-order valence-electron chi connectivity index (χ0n) is 8.87. The molecule has 0 saturated carbocycles. The van der Waals surface area contributed by atoms with Crippen LogP contribution in [0, 0.1) is 11.6 Å². The van der Waals surface area contributed by atoms with Gasteiger partial charge in [0.25, 0.3) is 0 Å². The van der Waals surface area contributed by atoms with Crippen molar-refractivity contribution in [2.75, 3.05) is 0 Å². The van der Waals surface area contributed by atoms with Crippen LogP contribution >= 0.6 is 0 Å². The molecule has 0 aliphatic heterocycles. The van der Waals surface area contributed by atoms with Gasteiger partial charge >= 0.3 is 0 Å². The van der Waals surface area contributed by atoms with E-state index >= 15 is 0 Å². The van der Waals surface area contributed by atoms with Crippen molar-refractivity contribution in [2.45, 2.75) is 13.3 Å². The molecule has 0 aliphatic carbocycles. The van der Waals surface area contributed by atoms with Gasteiger partial charge in [0.05, 0.1) is 6.20 Å². The average molecular weight is 219 g/mol. The van der Waals surface area contributed by atoms with Crippen molar-refractivity contribution in [1.29, 1.82) is 0 Å². The van der Waals surface area contributed by atoms with Crippen LogP contribution < -0.4 is 0 Å². The number of aromatic nitrogens is 1. The second-order valence-electron chi connectivity index (χ2n) is 3.51. The number of halogens is 2. The number of hydrogen-bond donors (Lipinski definition) is 0. The molecule has 82 valence electrons. The predicted molar refractivity (Wildman–Crippen MR) is 59.0 cm³/mol. The van der Waals surface area contributed by atoms with Crippen LogP contribution in [0.1, 0.15) is 12.5 Å². The van der Waals surface area contributed by atoms with Crippen molar-refractivity contribution in [1.82, 2.24) is 4.98 Å². The molecule has 0 bridgehead atoms. The van der Waals surface area contributed by atoms with Crippen LogP contribution in [0.15, 0.2) is 36.7 Å². The standard InChI is InChI=1S/C13H11F2N/c1-2-11-12(7-16-8-13(11)15)9-4-3-5-10(14)6-9/h3-8H,2H2,1H3. The minimum atomic E-state index is -0.343. The van der Waals surface area contributed by atoms with Crippen LogP contribution in [0.2, 0.25) is 0 Å². The largest absolute Gasteiger partial charge is 0.261 e. The smallest absolute Gasteiger partial charge is 0.145 e. The molecule has 0 radical (unpaired) electrons. The minimum absolute atomic E-state index is 0.330. The first kappa shape index (κ1) is 10.7. The minimum Gasteiger partial charge on any atom is -0.261 e. The van der Waals surface area contributed by atoms with Gasteiger partial charge in [-0.15, -0.1) is 0 Å². The van der Waals surface area contributed by atoms with Gasteiger partial charge in [-0.25, -0.2) is 8.78 Å². The number of pyridine rings is 1. The molecule has 1 nitrogen and oxygen atoms in total. The van der Waals surface area contributed by atoms with E-state index in [9.17, 15) is 8.78 Å². The van der Waals surface area contributed by atoms with Gasteiger partial charge in [0, 0.05) is 11.8 Å². The summed E-state index contributed by atoms with van der Waals surface area (Å²) in [6.07, 6.45) is 3.30. The van der Waals surface area contributed by atoms with E-state index in [0.29, 0.717) is 23.1 Å². The van der Waals surface area contributed by atoms with E-state index in [1.807, 2.05) is 6.92 Å². The van der Waals surface area contributed by atoms with E-state index in [4.69, 9.17) is 0 Å². The Hall–Kier alpha value is -1.77. The fourth-order valence-corrected chi connectivity index (χ4v) is 1.73. The van der Waals surface area contributed by atoms with Crippen LogP contribution in [0.5, 0.6) is 0 Å². The molecule has 0 atom stereocenters. The van der Waals surface area contributed by atoms with Gasteiger partial charge in [0.2, 0.25) is 0 Å². The van der Waals surface area contributed by atoms with Crippen LogP contribution in [0.4, 0.5) is 8.78 Å². The molecule has 2 rings (SSSR count). The zero-order chi connectivity index (χ0) is 11.5. The summed E-state index contributed by atoms with van der Waals surface area (Å²) in [7, 11) is 0. The van der Waals surface area contributed by atoms with Crippen molar-refractivity contribution < 1.29 is 8.78 Å². The van der Waals surface area contributed by atoms with Crippen LogP contribution in [0.25, 0.3) is 11.1 Å². The molecule has 0 spiro atoms. The Labute approximate surface area is 92.8 Å². The van der Waals surface area contributed by atoms with Crippen molar-refractivity contribution in [3.05, 3.63) is 53.9 Å². The molecule has 0 unspecified atom stereocenters. The Bertz CT molecular complexity index is 509. The maximum absolute atomic E-state index is 13.5. The third-order valence-electron chi connectivity index (χ3n) is 2.49. The van der Waals surface area contributed by atoms with Gasteiger partial charge in [0.1, 0.15) is 11.6 Å². The van der Waals surface area contributed by atoms with Gasteiger partial charge < -0.3 is 0 Å². The fraction of sp³-hybridized carbons (Fsp3) is 0.154. The van der Waals surface area contributed by atoms with Gasteiger partial charge in [-0.3, -0.25) is 4.98 Å². The summed E-state index contributed by atoms with van der Waals surface area (Å²) in [5.41, 5.74) is 1.88. The first-order valence-electron chi connectivity index (χ1n) is 5.10. The van der Waals surface area contributed by atoms with Gasteiger partial charge in [0.15, 0.2) is 0 Å². The van der Waals surface area contributed by atoms with Crippen molar-refractivity contribution in [2.24, 2.45) is 0 Å². The highest BCUT2D eigenvalue weighted by molar-refractivity contribution is 5.66. The molecule has 16 heavy (non-hydrogen) atoms. The summed E-state index contributed by atoms with van der Waals surface area (Å²) >= 11 is 0. The van der Waals surface area contributed by atoms with Gasteiger partial charge in [-0.2, -0.15) is 0 Å². The summed E-state index contributed by atoms with van der Waals surface area (Å²) in [5.74, 6) is -0.673. The predicted octanol–water partition coefficient (Wildman–Crippen LogP) is 3.59. The van der Waals surface area contributed by atoms with E-state index in [-0.39, 0.29) is 11.6 Å². The van der Waals surface area contributed by atoms with Crippen molar-refractivity contribution in [3.63, 3.8) is 0 Å². The van der Waals surface area contributed by atoms with E-state index < -0.39 is 0 Å². The average Bonchev–Trinajstić information content (AvgIpc) is 2.28. The topological polar surface area (TPSA) is 12.9 Å². The molecule has 1 heterocycles. The zero-order valence-corrected chi connectivity index (χ0v) is 8.87. The lowest BCUT2D eigenvalue weighted by molar-refractivity contribution is 0.606. The summed E-state index contributed by atoms with van der Waals surface area (Å²) < 4.78 is 26.6. The summed E-state index contributed by atoms with van der Waals surface area (Å²) in [4.78, 5) is 3.80. The first-order chi connectivity index (χ1) is 7.72. The molecular weight excluding hydrogens is 208 g/mol. The lowest BCUT2D eigenvalue weighted by atomic mass is 10.00. The van der Waals surface area contributed by atoms with E-state index in [0.717, 1.165) is 0 Å². The summed E-state index contributed by atoms with van der Waals surface area (Å²) in [6.45, 7) is 1.86. The number of rotatable bonds is 2. The van der Waals surface area contributed by atoms with Crippen LogP contribution in [0.3, 0.4) is 0 Å². The van der Waals surface area contributed by atoms with E-state index in [1.54, 1.807) is 18.3 Å². The molecule has 0 aliphatic rings. The van der Waals surface area contributed by atoms with Gasteiger partial charge in [-0.1, -0.05) is 19.1 Å². The lowest BCUT2D eigenvalue weighted by Crippen LogP contribution is -1.94. The Morgan fingerprint density at radius 3 is 2.69 bits per heavy atom. The second-order valence-corrected chi connectivity index (χ2v) is 3.51. The second kappa shape index (κ2) is 4.39. The highest BCUT2D eigenvalue weighted by atomic mass is 19.1. The van der Waals surface area contributed by atoms with E-state index in [1.165, 1.54) is 18.3 Å². The molecular formula is C13H11F2N. The fourth-order valence-electron chi connectivity index (χ4n) is 1.73. The third kappa shape index (κ3) is 1.94. The quantitative estimate of drug-likeness (QED) is 0.752. The monoisotopic (exact) mass is 219 g/mol. The normalized spacial score (nSPS) is 10.4. The molecule has 1 aromatic heterocycles. The highest BCUT2D eigenvalue weighted by Gasteiger charge is 2.09. The lowest BCUT2D eigenvalue weighted by Gasteiger charge is -2.08. The third-order valence-corrected chi connectivity index (χ3v) is 2.49. The van der Waals surface area contributed by atoms with Crippen molar-refractivity contribution in [3.8, 4) is 11.1 Å². The Kier molecular flexibility index (Phi) is 2.95. The molecule has 2 aromatic rings. The molecule has 0 fully saturated rings.